The number of likely N-dealkylation sites (tertiary alicyclic amines) is 1. The lowest BCUT2D eigenvalue weighted by Crippen LogP contribution is -2.34. The maximum Gasteiger partial charge on any atom is 0.225 e. The monoisotopic (exact) mass is 295 g/mol. The van der Waals surface area contributed by atoms with Crippen molar-refractivity contribution in [2.45, 2.75) is 19.3 Å². The summed E-state index contributed by atoms with van der Waals surface area (Å²) in [6.07, 6.45) is 3.28. The number of aryl methyl sites for hydroxylation is 1. The van der Waals surface area contributed by atoms with Gasteiger partial charge in [-0.3, -0.25) is 14.7 Å². The van der Waals surface area contributed by atoms with Crippen molar-refractivity contribution in [3.63, 3.8) is 0 Å². The number of ether oxygens (including phenoxy) is 1. The van der Waals surface area contributed by atoms with E-state index in [9.17, 15) is 9.59 Å². The van der Waals surface area contributed by atoms with E-state index in [1.165, 1.54) is 6.33 Å². The summed E-state index contributed by atoms with van der Waals surface area (Å²) in [7, 11) is 1.60. The average molecular weight is 295 g/mol. The van der Waals surface area contributed by atoms with Crippen LogP contribution >= 0.6 is 0 Å². The van der Waals surface area contributed by atoms with Gasteiger partial charge >= 0.3 is 0 Å². The number of carbonyl (C=O) groups is 2. The maximum atomic E-state index is 12.0. The fourth-order valence-electron chi connectivity index (χ4n) is 2.33. The molecule has 1 aromatic heterocycles. The number of methoxy groups -OCH3 is 1. The van der Waals surface area contributed by atoms with Crippen LogP contribution in [0.1, 0.15) is 18.7 Å². The molecule has 2 N–H and O–H groups in total. The van der Waals surface area contributed by atoms with Crippen LogP contribution in [0, 0.1) is 5.92 Å². The van der Waals surface area contributed by atoms with Crippen LogP contribution in [0.5, 0.6) is 0 Å². The summed E-state index contributed by atoms with van der Waals surface area (Å²) in [4.78, 5) is 29.5. The Bertz CT molecular complexity index is 462. The molecule has 1 saturated heterocycles. The van der Waals surface area contributed by atoms with Crippen LogP contribution in [-0.4, -0.2) is 65.2 Å². The largest absolute Gasteiger partial charge is 0.383 e. The molecule has 2 heterocycles. The van der Waals surface area contributed by atoms with Gasteiger partial charge in [-0.05, 0) is 6.42 Å². The fraction of sp³-hybridized carbons (Fsp3) is 0.692. The van der Waals surface area contributed by atoms with Crippen molar-refractivity contribution in [3.05, 3.63) is 12.2 Å². The number of rotatable bonds is 8. The SMILES string of the molecule is COCCN1CC(C(=O)NCCCc2ncn[nH]2)CC1=O. The molecule has 1 aliphatic rings. The van der Waals surface area contributed by atoms with E-state index in [0.717, 1.165) is 18.7 Å². The van der Waals surface area contributed by atoms with Gasteiger partial charge in [-0.25, -0.2) is 4.98 Å². The summed E-state index contributed by atoms with van der Waals surface area (Å²) in [5, 5.41) is 9.41. The molecular formula is C13H21N5O3. The van der Waals surface area contributed by atoms with Crippen LogP contribution in [0.3, 0.4) is 0 Å². The molecule has 1 atom stereocenters. The second-order valence-electron chi connectivity index (χ2n) is 5.06. The second kappa shape index (κ2) is 7.72. The fourth-order valence-corrected chi connectivity index (χ4v) is 2.33. The molecule has 2 rings (SSSR count). The van der Waals surface area contributed by atoms with Gasteiger partial charge in [-0.2, -0.15) is 5.10 Å². The molecule has 0 aliphatic carbocycles. The number of hydrogen-bond donors (Lipinski definition) is 2. The van der Waals surface area contributed by atoms with Crippen molar-refractivity contribution in [3.8, 4) is 0 Å². The van der Waals surface area contributed by atoms with E-state index in [4.69, 9.17) is 4.74 Å². The third-order valence-corrected chi connectivity index (χ3v) is 3.51. The number of aromatic nitrogens is 3. The Morgan fingerprint density at radius 1 is 1.62 bits per heavy atom. The number of amides is 2. The summed E-state index contributed by atoms with van der Waals surface area (Å²) >= 11 is 0. The summed E-state index contributed by atoms with van der Waals surface area (Å²) in [6, 6.07) is 0. The molecular weight excluding hydrogens is 274 g/mol. The molecule has 1 fully saturated rings. The van der Waals surface area contributed by atoms with Crippen LogP contribution in [0.2, 0.25) is 0 Å². The van der Waals surface area contributed by atoms with Gasteiger partial charge < -0.3 is 15.0 Å². The molecule has 0 aromatic carbocycles. The number of carbonyl (C=O) groups excluding carboxylic acids is 2. The molecule has 21 heavy (non-hydrogen) atoms. The van der Waals surface area contributed by atoms with E-state index in [0.29, 0.717) is 26.2 Å². The van der Waals surface area contributed by atoms with Crippen molar-refractivity contribution in [1.29, 1.82) is 0 Å². The van der Waals surface area contributed by atoms with E-state index >= 15 is 0 Å². The predicted molar refractivity (Wildman–Crippen MR) is 74.3 cm³/mol. The van der Waals surface area contributed by atoms with E-state index in [1.807, 2.05) is 0 Å². The molecule has 1 unspecified atom stereocenters. The molecule has 8 heteroatoms. The Labute approximate surface area is 123 Å². The van der Waals surface area contributed by atoms with Gasteiger partial charge in [-0.1, -0.05) is 0 Å². The Morgan fingerprint density at radius 3 is 3.19 bits per heavy atom. The lowest BCUT2D eigenvalue weighted by atomic mass is 10.1. The van der Waals surface area contributed by atoms with Gasteiger partial charge in [0.05, 0.1) is 12.5 Å². The minimum Gasteiger partial charge on any atom is -0.383 e. The number of aromatic amines is 1. The number of hydrogen-bond acceptors (Lipinski definition) is 5. The van der Waals surface area contributed by atoms with E-state index < -0.39 is 0 Å². The minimum atomic E-state index is -0.250. The highest BCUT2D eigenvalue weighted by molar-refractivity contribution is 5.89. The first-order valence-corrected chi connectivity index (χ1v) is 7.09. The normalized spacial score (nSPS) is 18.2. The molecule has 0 spiro atoms. The van der Waals surface area contributed by atoms with Crippen LogP contribution in [-0.2, 0) is 20.7 Å². The first-order valence-electron chi connectivity index (χ1n) is 7.09. The second-order valence-corrected chi connectivity index (χ2v) is 5.06. The summed E-state index contributed by atoms with van der Waals surface area (Å²) in [5.74, 6) is 0.528. The Balaban J connectivity index is 1.65. The van der Waals surface area contributed by atoms with Crippen LogP contribution in [0.15, 0.2) is 6.33 Å². The van der Waals surface area contributed by atoms with Crippen molar-refractivity contribution in [2.75, 3.05) is 33.4 Å². The summed E-state index contributed by atoms with van der Waals surface area (Å²) < 4.78 is 4.95. The highest BCUT2D eigenvalue weighted by atomic mass is 16.5. The van der Waals surface area contributed by atoms with Crippen molar-refractivity contribution in [1.82, 2.24) is 25.4 Å². The lowest BCUT2D eigenvalue weighted by Gasteiger charge is -2.15. The zero-order chi connectivity index (χ0) is 15.1. The summed E-state index contributed by atoms with van der Waals surface area (Å²) in [5.41, 5.74) is 0. The standard InChI is InChI=1S/C13H21N5O3/c1-21-6-5-18-8-10(7-12(18)19)13(20)14-4-2-3-11-15-9-16-17-11/h9-10H,2-8H2,1H3,(H,14,20)(H,15,16,17). The zero-order valence-corrected chi connectivity index (χ0v) is 12.2. The van der Waals surface area contributed by atoms with Crippen molar-refractivity contribution >= 4 is 11.8 Å². The van der Waals surface area contributed by atoms with Crippen LogP contribution < -0.4 is 5.32 Å². The summed E-state index contributed by atoms with van der Waals surface area (Å²) in [6.45, 7) is 2.10. The number of nitrogens with zero attached hydrogens (tertiary/aromatic N) is 3. The van der Waals surface area contributed by atoms with Gasteiger partial charge in [0.2, 0.25) is 11.8 Å². The molecule has 1 aliphatic heterocycles. The van der Waals surface area contributed by atoms with E-state index in [2.05, 4.69) is 20.5 Å². The van der Waals surface area contributed by atoms with Crippen LogP contribution in [0.25, 0.3) is 0 Å². The lowest BCUT2D eigenvalue weighted by molar-refractivity contribution is -0.129. The molecule has 0 saturated carbocycles. The average Bonchev–Trinajstić information content (AvgIpc) is 3.11. The topological polar surface area (TPSA) is 100 Å². The van der Waals surface area contributed by atoms with Crippen molar-refractivity contribution < 1.29 is 14.3 Å². The molecule has 116 valence electrons. The van der Waals surface area contributed by atoms with Gasteiger partial charge in [0.25, 0.3) is 0 Å². The van der Waals surface area contributed by atoms with Gasteiger partial charge in [0, 0.05) is 39.6 Å². The van der Waals surface area contributed by atoms with Gasteiger partial charge in [-0.15, -0.1) is 0 Å². The number of H-pyrrole nitrogens is 1. The van der Waals surface area contributed by atoms with E-state index in [-0.39, 0.29) is 24.2 Å². The quantitative estimate of drug-likeness (QED) is 0.621. The highest BCUT2D eigenvalue weighted by Gasteiger charge is 2.33. The maximum absolute atomic E-state index is 12.0. The van der Waals surface area contributed by atoms with E-state index in [1.54, 1.807) is 12.0 Å². The molecule has 1 aromatic rings. The third kappa shape index (κ3) is 4.52. The van der Waals surface area contributed by atoms with Gasteiger partial charge in [0.15, 0.2) is 0 Å². The Morgan fingerprint density at radius 2 is 2.48 bits per heavy atom. The molecule has 2 amide bonds. The van der Waals surface area contributed by atoms with Crippen LogP contribution in [0.4, 0.5) is 0 Å². The molecule has 0 bridgehead atoms. The third-order valence-electron chi connectivity index (χ3n) is 3.51. The van der Waals surface area contributed by atoms with Crippen molar-refractivity contribution in [2.24, 2.45) is 5.92 Å². The number of nitrogens with one attached hydrogen (secondary N) is 2. The highest BCUT2D eigenvalue weighted by Crippen LogP contribution is 2.17. The minimum absolute atomic E-state index is 0.0221. The Hall–Kier alpha value is -1.96. The first kappa shape index (κ1) is 15.4. The molecule has 8 nitrogen and oxygen atoms in total. The smallest absolute Gasteiger partial charge is 0.225 e. The Kier molecular flexibility index (Phi) is 5.68. The van der Waals surface area contributed by atoms with Gasteiger partial charge in [0.1, 0.15) is 12.2 Å². The zero-order valence-electron chi connectivity index (χ0n) is 12.2. The molecule has 0 radical (unpaired) electrons. The predicted octanol–water partition coefficient (Wildman–Crippen LogP) is -0.652. The first-order chi connectivity index (χ1) is 10.2.